The number of carbonyl (C=O) groups excluding carboxylic acids is 2. The third kappa shape index (κ3) is 4.54. The molecule has 3 aromatic rings. The topological polar surface area (TPSA) is 110 Å². The second-order valence-corrected chi connectivity index (χ2v) is 8.14. The quantitative estimate of drug-likeness (QED) is 0.382. The molecule has 0 N–H and O–H groups in total. The summed E-state index contributed by atoms with van der Waals surface area (Å²) in [6, 6.07) is 3.11. The predicted molar refractivity (Wildman–Crippen MR) is 114 cm³/mol. The first-order valence-electron chi connectivity index (χ1n) is 9.65. The van der Waals surface area contributed by atoms with Gasteiger partial charge in [0.1, 0.15) is 27.9 Å². The molecule has 0 aliphatic carbocycles. The van der Waals surface area contributed by atoms with E-state index in [1.54, 1.807) is 13.0 Å². The Morgan fingerprint density at radius 3 is 2.58 bits per heavy atom. The van der Waals surface area contributed by atoms with Crippen molar-refractivity contribution in [3.63, 3.8) is 0 Å². The molecule has 3 aromatic heterocycles. The maximum absolute atomic E-state index is 13.4. The molecule has 0 spiro atoms. The van der Waals surface area contributed by atoms with Crippen molar-refractivity contribution in [3.05, 3.63) is 50.3 Å². The maximum atomic E-state index is 13.4. The van der Waals surface area contributed by atoms with Crippen molar-refractivity contribution in [1.82, 2.24) is 9.55 Å². The van der Waals surface area contributed by atoms with Crippen LogP contribution in [-0.2, 0) is 20.8 Å². The van der Waals surface area contributed by atoms with Gasteiger partial charge in [-0.25, -0.2) is 14.6 Å². The number of hydrogen-bond acceptors (Lipinski definition) is 9. The highest BCUT2D eigenvalue weighted by molar-refractivity contribution is 7.20. The van der Waals surface area contributed by atoms with Gasteiger partial charge >= 0.3 is 11.9 Å². The van der Waals surface area contributed by atoms with Crippen LogP contribution in [-0.4, -0.2) is 48.9 Å². The molecule has 3 rings (SSSR count). The van der Waals surface area contributed by atoms with Crippen LogP contribution in [0.4, 0.5) is 0 Å². The molecule has 0 aromatic carbocycles. The van der Waals surface area contributed by atoms with Gasteiger partial charge in [-0.3, -0.25) is 9.36 Å². The van der Waals surface area contributed by atoms with Crippen LogP contribution in [0.1, 0.15) is 57.1 Å². The third-order valence-corrected chi connectivity index (χ3v) is 5.83. The molecule has 0 atom stereocenters. The lowest BCUT2D eigenvalue weighted by Crippen LogP contribution is -2.26. The highest BCUT2D eigenvalue weighted by atomic mass is 32.1. The zero-order valence-electron chi connectivity index (χ0n) is 18.0. The summed E-state index contributed by atoms with van der Waals surface area (Å²) in [5.74, 6) is -0.151. The van der Waals surface area contributed by atoms with Crippen LogP contribution in [0.3, 0.4) is 0 Å². The number of hydrogen-bond donors (Lipinski definition) is 0. The van der Waals surface area contributed by atoms with E-state index in [4.69, 9.17) is 13.9 Å². The summed E-state index contributed by atoms with van der Waals surface area (Å²) in [6.07, 6.45) is 0. The minimum Gasteiger partial charge on any atom is -0.463 e. The first-order valence-corrected chi connectivity index (χ1v) is 10.5. The monoisotopic (exact) mass is 448 g/mol. The second-order valence-electron chi connectivity index (χ2n) is 7.14. The van der Waals surface area contributed by atoms with Crippen molar-refractivity contribution in [2.45, 2.75) is 33.2 Å². The summed E-state index contributed by atoms with van der Waals surface area (Å²) >= 11 is 1.14. The van der Waals surface area contributed by atoms with Crippen molar-refractivity contribution in [2.75, 3.05) is 27.4 Å². The molecule has 166 valence electrons. The molecule has 0 bridgehead atoms. The smallest absolute Gasteiger partial charge is 0.373 e. The minimum atomic E-state index is -0.596. The van der Waals surface area contributed by atoms with Crippen molar-refractivity contribution in [2.24, 2.45) is 0 Å². The number of carbonyl (C=O) groups is 2. The van der Waals surface area contributed by atoms with Crippen LogP contribution in [0.5, 0.6) is 0 Å². The van der Waals surface area contributed by atoms with E-state index in [1.807, 2.05) is 13.8 Å². The van der Waals surface area contributed by atoms with Gasteiger partial charge < -0.3 is 18.6 Å². The van der Waals surface area contributed by atoms with Crippen molar-refractivity contribution in [3.8, 4) is 0 Å². The van der Waals surface area contributed by atoms with E-state index in [0.717, 1.165) is 11.3 Å². The van der Waals surface area contributed by atoms with Gasteiger partial charge in [-0.15, -0.1) is 11.3 Å². The third-order valence-electron chi connectivity index (χ3n) is 4.66. The zero-order chi connectivity index (χ0) is 22.7. The molecule has 0 radical (unpaired) electrons. The molecule has 0 aliphatic heterocycles. The predicted octanol–water partition coefficient (Wildman–Crippen LogP) is 3.12. The average molecular weight is 448 g/mol. The van der Waals surface area contributed by atoms with Gasteiger partial charge in [0.2, 0.25) is 5.76 Å². The Kier molecular flexibility index (Phi) is 6.91. The Balaban J connectivity index is 2.06. The molecular formula is C21H24N2O7S. The molecule has 0 saturated heterocycles. The first-order chi connectivity index (χ1) is 14.8. The summed E-state index contributed by atoms with van der Waals surface area (Å²) < 4.78 is 21.8. The SMILES string of the molecule is COCCOC(=O)c1sc2nc(C(C)C)n(Cc3ccc(C(=O)OC)o3)c(=O)c2c1C. The zero-order valence-corrected chi connectivity index (χ0v) is 18.8. The van der Waals surface area contributed by atoms with E-state index in [0.29, 0.717) is 32.2 Å². The van der Waals surface area contributed by atoms with E-state index in [-0.39, 0.29) is 37.0 Å². The number of furan rings is 1. The molecule has 0 fully saturated rings. The lowest BCUT2D eigenvalue weighted by atomic mass is 10.1. The first kappa shape index (κ1) is 22.7. The molecule has 3 heterocycles. The van der Waals surface area contributed by atoms with Gasteiger partial charge in [-0.2, -0.15) is 0 Å². The van der Waals surface area contributed by atoms with Crippen LogP contribution < -0.4 is 5.56 Å². The highest BCUT2D eigenvalue weighted by Gasteiger charge is 2.24. The number of fused-ring (bicyclic) bond motifs is 1. The lowest BCUT2D eigenvalue weighted by molar-refractivity contribution is 0.0392. The Morgan fingerprint density at radius 1 is 1.19 bits per heavy atom. The van der Waals surface area contributed by atoms with Gasteiger partial charge in [0.25, 0.3) is 5.56 Å². The maximum Gasteiger partial charge on any atom is 0.373 e. The molecule has 0 aliphatic rings. The van der Waals surface area contributed by atoms with Crippen LogP contribution >= 0.6 is 11.3 Å². The van der Waals surface area contributed by atoms with E-state index >= 15 is 0 Å². The molecule has 31 heavy (non-hydrogen) atoms. The fourth-order valence-corrected chi connectivity index (χ4v) is 4.21. The Bertz CT molecular complexity index is 1170. The number of thiophene rings is 1. The Labute approximate surface area is 182 Å². The van der Waals surface area contributed by atoms with Crippen molar-refractivity contribution >= 4 is 33.5 Å². The van der Waals surface area contributed by atoms with Crippen LogP contribution in [0.15, 0.2) is 21.3 Å². The number of ether oxygens (including phenoxy) is 3. The lowest BCUT2D eigenvalue weighted by Gasteiger charge is -2.14. The van der Waals surface area contributed by atoms with E-state index in [2.05, 4.69) is 9.72 Å². The van der Waals surface area contributed by atoms with Gasteiger partial charge in [0, 0.05) is 13.0 Å². The number of rotatable bonds is 8. The van der Waals surface area contributed by atoms with Gasteiger partial charge in [-0.05, 0) is 24.6 Å². The van der Waals surface area contributed by atoms with Crippen LogP contribution in [0.25, 0.3) is 10.2 Å². The van der Waals surface area contributed by atoms with Gasteiger partial charge in [0.15, 0.2) is 0 Å². The standard InChI is InChI=1S/C21H24N2O7S/c1-11(2)17-22-18-15(12(3)16(31-18)21(26)29-9-8-27-4)19(24)23(17)10-13-6-7-14(30-13)20(25)28-5/h6-7,11H,8-10H2,1-5H3. The number of aromatic nitrogens is 2. The molecule has 0 amide bonds. The Morgan fingerprint density at radius 2 is 1.94 bits per heavy atom. The van der Waals surface area contributed by atoms with E-state index in [1.165, 1.54) is 24.9 Å². The van der Waals surface area contributed by atoms with Crippen LogP contribution in [0, 0.1) is 6.92 Å². The molecule has 0 unspecified atom stereocenters. The van der Waals surface area contributed by atoms with Gasteiger partial charge in [-0.1, -0.05) is 13.8 Å². The fourth-order valence-electron chi connectivity index (χ4n) is 3.13. The number of nitrogens with zero attached hydrogens (tertiary/aromatic N) is 2. The number of aryl methyl sites for hydroxylation is 1. The summed E-state index contributed by atoms with van der Waals surface area (Å²) in [6.45, 7) is 6.05. The molecular weight excluding hydrogens is 424 g/mol. The largest absolute Gasteiger partial charge is 0.463 e. The summed E-state index contributed by atoms with van der Waals surface area (Å²) in [5, 5.41) is 0.368. The molecule has 10 heteroatoms. The molecule has 0 saturated carbocycles. The van der Waals surface area contributed by atoms with Crippen molar-refractivity contribution < 1.29 is 28.2 Å². The van der Waals surface area contributed by atoms with Crippen molar-refractivity contribution in [1.29, 1.82) is 0 Å². The van der Waals surface area contributed by atoms with E-state index < -0.39 is 11.9 Å². The van der Waals surface area contributed by atoms with Crippen LogP contribution in [0.2, 0.25) is 0 Å². The normalized spacial score (nSPS) is 11.3. The van der Waals surface area contributed by atoms with Gasteiger partial charge in [0.05, 0.1) is 25.6 Å². The highest BCUT2D eigenvalue weighted by Crippen LogP contribution is 2.29. The minimum absolute atomic E-state index is 0.0542. The molecule has 9 nitrogen and oxygen atoms in total. The summed E-state index contributed by atoms with van der Waals surface area (Å²) in [7, 11) is 2.78. The van der Waals surface area contributed by atoms with E-state index in [9.17, 15) is 14.4 Å². The second kappa shape index (κ2) is 9.44. The fraction of sp³-hybridized carbons (Fsp3) is 0.429. The Hall–Kier alpha value is -2.98. The average Bonchev–Trinajstić information content (AvgIpc) is 3.34. The number of methoxy groups -OCH3 is 2. The summed E-state index contributed by atoms with van der Waals surface area (Å²) in [4.78, 5) is 43.0. The summed E-state index contributed by atoms with van der Waals surface area (Å²) in [5.41, 5.74) is 0.244. The number of esters is 2.